The van der Waals surface area contributed by atoms with Crippen LogP contribution in [0.3, 0.4) is 0 Å². The molecule has 1 aliphatic rings. The lowest BCUT2D eigenvalue weighted by Crippen LogP contribution is -2.35. The first-order valence-electron chi connectivity index (χ1n) is 6.94. The van der Waals surface area contributed by atoms with Crippen LogP contribution in [-0.4, -0.2) is 35.2 Å². The van der Waals surface area contributed by atoms with Crippen LogP contribution in [-0.2, 0) is 0 Å². The average molecular weight is 327 g/mol. The number of benzene rings is 1. The molecular weight excluding hydrogens is 304 g/mol. The van der Waals surface area contributed by atoms with Crippen molar-refractivity contribution >= 4 is 15.9 Å². The molecule has 0 aromatic heterocycles. The first-order valence-corrected chi connectivity index (χ1v) is 7.73. The zero-order chi connectivity index (χ0) is 13.9. The van der Waals surface area contributed by atoms with Crippen LogP contribution in [0.5, 0.6) is 0 Å². The standard InChI is InChI=1S/C15H23BrN2O/c1-15(19)7-2-9-18(10-8-15)14(11-17)12-3-5-13(16)6-4-12/h3-6,14,19H,2,7-11,17H2,1H3. The summed E-state index contributed by atoms with van der Waals surface area (Å²) < 4.78 is 1.09. The average Bonchev–Trinajstić information content (AvgIpc) is 2.54. The van der Waals surface area contributed by atoms with E-state index >= 15 is 0 Å². The molecule has 1 saturated heterocycles. The van der Waals surface area contributed by atoms with E-state index < -0.39 is 5.60 Å². The molecule has 19 heavy (non-hydrogen) atoms. The third-order valence-electron chi connectivity index (χ3n) is 4.02. The molecule has 2 atom stereocenters. The van der Waals surface area contributed by atoms with Crippen LogP contribution in [0.4, 0.5) is 0 Å². The second-order valence-corrected chi connectivity index (χ2v) is 6.61. The van der Waals surface area contributed by atoms with Crippen LogP contribution < -0.4 is 5.73 Å². The van der Waals surface area contributed by atoms with Gasteiger partial charge in [0.2, 0.25) is 0 Å². The van der Waals surface area contributed by atoms with Crippen molar-refractivity contribution in [3.05, 3.63) is 34.3 Å². The fourth-order valence-electron chi connectivity index (χ4n) is 2.78. The molecule has 0 bridgehead atoms. The molecule has 106 valence electrons. The first kappa shape index (κ1) is 15.0. The van der Waals surface area contributed by atoms with Crippen molar-refractivity contribution in [3.63, 3.8) is 0 Å². The quantitative estimate of drug-likeness (QED) is 0.897. The summed E-state index contributed by atoms with van der Waals surface area (Å²) >= 11 is 3.46. The highest BCUT2D eigenvalue weighted by Gasteiger charge is 2.28. The Kier molecular flexibility index (Phi) is 5.01. The fraction of sp³-hybridized carbons (Fsp3) is 0.600. The van der Waals surface area contributed by atoms with Gasteiger partial charge in [-0.3, -0.25) is 4.90 Å². The molecular formula is C15H23BrN2O. The van der Waals surface area contributed by atoms with Gasteiger partial charge in [0.1, 0.15) is 0 Å². The predicted molar refractivity (Wildman–Crippen MR) is 82.0 cm³/mol. The van der Waals surface area contributed by atoms with Gasteiger partial charge in [0.25, 0.3) is 0 Å². The molecule has 1 fully saturated rings. The summed E-state index contributed by atoms with van der Waals surface area (Å²) in [5, 5.41) is 10.2. The van der Waals surface area contributed by atoms with Crippen molar-refractivity contribution in [3.8, 4) is 0 Å². The van der Waals surface area contributed by atoms with Crippen LogP contribution >= 0.6 is 15.9 Å². The minimum atomic E-state index is -0.520. The van der Waals surface area contributed by atoms with Gasteiger partial charge in [-0.2, -0.15) is 0 Å². The van der Waals surface area contributed by atoms with E-state index in [0.29, 0.717) is 6.54 Å². The number of hydrogen-bond acceptors (Lipinski definition) is 3. The van der Waals surface area contributed by atoms with Gasteiger partial charge in [0.05, 0.1) is 5.60 Å². The molecule has 0 amide bonds. The predicted octanol–water partition coefficient (Wildman–Crippen LogP) is 2.69. The zero-order valence-corrected chi connectivity index (χ0v) is 13.1. The Bertz CT molecular complexity index is 405. The molecule has 2 unspecified atom stereocenters. The second kappa shape index (κ2) is 6.35. The SMILES string of the molecule is CC1(O)CCCN(C(CN)c2ccc(Br)cc2)CC1. The van der Waals surface area contributed by atoms with Crippen LogP contribution in [0, 0.1) is 0 Å². The van der Waals surface area contributed by atoms with Crippen LogP contribution in [0.1, 0.15) is 37.8 Å². The Labute approximate surface area is 123 Å². The number of nitrogens with two attached hydrogens (primary N) is 1. The van der Waals surface area contributed by atoms with E-state index in [0.717, 1.165) is 36.8 Å². The molecule has 2 rings (SSSR count). The van der Waals surface area contributed by atoms with Crippen molar-refractivity contribution in [2.45, 2.75) is 37.8 Å². The van der Waals surface area contributed by atoms with E-state index in [1.165, 1.54) is 5.56 Å². The lowest BCUT2D eigenvalue weighted by molar-refractivity contribution is 0.0431. The lowest BCUT2D eigenvalue weighted by Gasteiger charge is -2.30. The van der Waals surface area contributed by atoms with E-state index in [1.807, 2.05) is 6.92 Å². The molecule has 3 N–H and O–H groups in total. The van der Waals surface area contributed by atoms with Gasteiger partial charge in [-0.05, 0) is 50.4 Å². The Hall–Kier alpha value is -0.420. The maximum atomic E-state index is 10.2. The third kappa shape index (κ3) is 4.02. The largest absolute Gasteiger partial charge is 0.390 e. The summed E-state index contributed by atoms with van der Waals surface area (Å²) in [6.07, 6.45) is 2.72. The van der Waals surface area contributed by atoms with Gasteiger partial charge in [0, 0.05) is 23.6 Å². The second-order valence-electron chi connectivity index (χ2n) is 5.69. The number of hydrogen-bond donors (Lipinski definition) is 2. The zero-order valence-electron chi connectivity index (χ0n) is 11.5. The van der Waals surface area contributed by atoms with Gasteiger partial charge in [-0.1, -0.05) is 28.1 Å². The van der Waals surface area contributed by atoms with Crippen molar-refractivity contribution < 1.29 is 5.11 Å². The lowest BCUT2D eigenvalue weighted by atomic mass is 9.98. The molecule has 0 aliphatic carbocycles. The molecule has 1 heterocycles. The van der Waals surface area contributed by atoms with E-state index in [2.05, 4.69) is 45.1 Å². The van der Waals surface area contributed by atoms with Crippen molar-refractivity contribution in [2.75, 3.05) is 19.6 Å². The first-order chi connectivity index (χ1) is 9.02. The van der Waals surface area contributed by atoms with Crippen LogP contribution in [0.2, 0.25) is 0 Å². The number of halogens is 1. The topological polar surface area (TPSA) is 49.5 Å². The normalized spacial score (nSPS) is 26.9. The number of aliphatic hydroxyl groups is 1. The highest BCUT2D eigenvalue weighted by Crippen LogP contribution is 2.28. The fourth-order valence-corrected chi connectivity index (χ4v) is 3.04. The van der Waals surface area contributed by atoms with Crippen molar-refractivity contribution in [1.82, 2.24) is 4.90 Å². The van der Waals surface area contributed by atoms with Crippen molar-refractivity contribution in [2.24, 2.45) is 5.73 Å². The number of rotatable bonds is 3. The van der Waals surface area contributed by atoms with Crippen LogP contribution in [0.15, 0.2) is 28.7 Å². The van der Waals surface area contributed by atoms with Crippen LogP contribution in [0.25, 0.3) is 0 Å². The Morgan fingerprint density at radius 2 is 2.00 bits per heavy atom. The molecule has 4 heteroatoms. The summed E-state index contributed by atoms with van der Waals surface area (Å²) in [5.41, 5.74) is 6.71. The molecule has 0 radical (unpaired) electrons. The number of likely N-dealkylation sites (tertiary alicyclic amines) is 1. The number of nitrogens with zero attached hydrogens (tertiary/aromatic N) is 1. The van der Waals surface area contributed by atoms with Gasteiger partial charge >= 0.3 is 0 Å². The summed E-state index contributed by atoms with van der Waals surface area (Å²) in [6.45, 7) is 4.47. The molecule has 0 spiro atoms. The molecule has 0 saturated carbocycles. The Morgan fingerprint density at radius 1 is 1.32 bits per heavy atom. The van der Waals surface area contributed by atoms with Gasteiger partial charge in [-0.25, -0.2) is 0 Å². The highest BCUT2D eigenvalue weighted by molar-refractivity contribution is 9.10. The van der Waals surface area contributed by atoms with E-state index in [-0.39, 0.29) is 6.04 Å². The molecule has 1 aliphatic heterocycles. The molecule has 1 aromatic rings. The van der Waals surface area contributed by atoms with Crippen molar-refractivity contribution in [1.29, 1.82) is 0 Å². The van der Waals surface area contributed by atoms with Gasteiger partial charge in [-0.15, -0.1) is 0 Å². The Morgan fingerprint density at radius 3 is 2.63 bits per heavy atom. The highest BCUT2D eigenvalue weighted by atomic mass is 79.9. The minimum absolute atomic E-state index is 0.252. The van der Waals surface area contributed by atoms with Gasteiger partial charge in [0.15, 0.2) is 0 Å². The Balaban J connectivity index is 2.11. The maximum Gasteiger partial charge on any atom is 0.0632 e. The summed E-state index contributed by atoms with van der Waals surface area (Å²) in [4.78, 5) is 2.41. The van der Waals surface area contributed by atoms with E-state index in [1.54, 1.807) is 0 Å². The summed E-state index contributed by atoms with van der Waals surface area (Å²) in [7, 11) is 0. The maximum absolute atomic E-state index is 10.2. The van der Waals surface area contributed by atoms with E-state index in [9.17, 15) is 5.11 Å². The third-order valence-corrected chi connectivity index (χ3v) is 4.55. The minimum Gasteiger partial charge on any atom is -0.390 e. The van der Waals surface area contributed by atoms with E-state index in [4.69, 9.17) is 5.73 Å². The molecule has 3 nitrogen and oxygen atoms in total. The summed E-state index contributed by atoms with van der Waals surface area (Å²) in [5.74, 6) is 0. The smallest absolute Gasteiger partial charge is 0.0632 e. The monoisotopic (exact) mass is 326 g/mol. The summed E-state index contributed by atoms with van der Waals surface area (Å²) in [6, 6.07) is 8.63. The molecule has 1 aromatic carbocycles. The van der Waals surface area contributed by atoms with Gasteiger partial charge < -0.3 is 10.8 Å².